The van der Waals surface area contributed by atoms with Crippen LogP contribution in [0.15, 0.2) is 0 Å². The van der Waals surface area contributed by atoms with E-state index < -0.39 is 7.12 Å². The lowest BCUT2D eigenvalue weighted by Gasteiger charge is -2.14. The Morgan fingerprint density at radius 2 is 1.42 bits per heavy atom. The molecule has 0 rings (SSSR count). The van der Waals surface area contributed by atoms with Crippen molar-refractivity contribution < 1.29 is 14.5 Å². The molecule has 74 valence electrons. The van der Waals surface area contributed by atoms with Crippen molar-refractivity contribution in [1.29, 1.82) is 0 Å². The maximum absolute atomic E-state index is 8.24. The molecule has 3 nitrogen and oxygen atoms in total. The van der Waals surface area contributed by atoms with Crippen molar-refractivity contribution in [3.05, 3.63) is 0 Å². The Morgan fingerprint density at radius 3 is 1.50 bits per heavy atom. The van der Waals surface area contributed by atoms with Gasteiger partial charge in [-0.1, -0.05) is 19.8 Å². The van der Waals surface area contributed by atoms with E-state index in [0.29, 0.717) is 6.32 Å². The zero-order valence-electron chi connectivity index (χ0n) is 9.04. The highest BCUT2D eigenvalue weighted by Gasteiger charge is 2.02. The van der Waals surface area contributed by atoms with Crippen LogP contribution in [0, 0.1) is 0 Å². The molecule has 0 aromatic rings. The second-order valence-electron chi connectivity index (χ2n) is 4.31. The summed E-state index contributed by atoms with van der Waals surface area (Å²) in [7, 11) is 7.40. The van der Waals surface area contributed by atoms with Gasteiger partial charge in [0.25, 0.3) is 0 Å². The van der Waals surface area contributed by atoms with Gasteiger partial charge in [0, 0.05) is 0 Å². The van der Waals surface area contributed by atoms with Gasteiger partial charge >= 0.3 is 7.12 Å². The van der Waals surface area contributed by atoms with Crippen LogP contribution in [0.5, 0.6) is 0 Å². The topological polar surface area (TPSA) is 40.5 Å². The lowest BCUT2D eigenvalue weighted by molar-refractivity contribution is -0.849. The van der Waals surface area contributed by atoms with Crippen molar-refractivity contribution in [2.45, 2.75) is 26.1 Å². The Bertz CT molecular complexity index is 85.5. The Labute approximate surface area is 76.8 Å². The standard InChI is InChI=1S/C4H11BO2.C4H12N/c1-2-3-4-5(6)7;1-5(2,3)4/h6-7H,2-4H2,1H3;1-4H3/q;+1. The van der Waals surface area contributed by atoms with E-state index in [0.717, 1.165) is 17.3 Å². The zero-order chi connectivity index (χ0) is 10.2. The highest BCUT2D eigenvalue weighted by molar-refractivity contribution is 6.40. The van der Waals surface area contributed by atoms with Gasteiger partial charge in [0.2, 0.25) is 0 Å². The smallest absolute Gasteiger partial charge is 0.427 e. The molecule has 0 aliphatic heterocycles. The maximum atomic E-state index is 8.24. The third-order valence-electron chi connectivity index (χ3n) is 0.816. The first kappa shape index (κ1) is 14.5. The van der Waals surface area contributed by atoms with Gasteiger partial charge in [-0.05, 0) is 6.32 Å². The fourth-order valence-corrected chi connectivity index (χ4v) is 0.387. The summed E-state index contributed by atoms with van der Waals surface area (Å²) in [6, 6.07) is 0. The maximum Gasteiger partial charge on any atom is 0.451 e. The molecule has 0 spiro atoms. The van der Waals surface area contributed by atoms with Gasteiger partial charge in [-0.3, -0.25) is 0 Å². The molecular formula is C8H23BNO2+. The second kappa shape index (κ2) is 7.59. The summed E-state index contributed by atoms with van der Waals surface area (Å²) in [5.74, 6) is 0. The molecule has 4 heteroatoms. The number of hydrogen-bond acceptors (Lipinski definition) is 2. The first-order valence-electron chi connectivity index (χ1n) is 4.42. The second-order valence-corrected chi connectivity index (χ2v) is 4.31. The Kier molecular flexibility index (Phi) is 9.15. The van der Waals surface area contributed by atoms with Gasteiger partial charge in [0.05, 0.1) is 28.2 Å². The van der Waals surface area contributed by atoms with E-state index in [9.17, 15) is 0 Å². The summed E-state index contributed by atoms with van der Waals surface area (Å²) in [6.07, 6.45) is 2.44. The summed E-state index contributed by atoms with van der Waals surface area (Å²) in [4.78, 5) is 0. The van der Waals surface area contributed by atoms with Crippen molar-refractivity contribution >= 4 is 7.12 Å². The van der Waals surface area contributed by atoms with Crippen LogP contribution in [0.2, 0.25) is 6.32 Å². The fraction of sp³-hybridized carbons (Fsp3) is 1.00. The van der Waals surface area contributed by atoms with Gasteiger partial charge in [-0.15, -0.1) is 0 Å². The van der Waals surface area contributed by atoms with E-state index in [4.69, 9.17) is 10.0 Å². The van der Waals surface area contributed by atoms with E-state index in [2.05, 4.69) is 28.2 Å². The molecule has 0 radical (unpaired) electrons. The Morgan fingerprint density at radius 1 is 1.08 bits per heavy atom. The number of unbranched alkanes of at least 4 members (excludes halogenated alkanes) is 1. The number of quaternary nitrogens is 1. The van der Waals surface area contributed by atoms with Crippen LogP contribution in [-0.2, 0) is 0 Å². The van der Waals surface area contributed by atoms with Gasteiger partial charge in [0.15, 0.2) is 0 Å². The van der Waals surface area contributed by atoms with E-state index in [1.165, 1.54) is 0 Å². The minimum Gasteiger partial charge on any atom is -0.427 e. The molecule has 0 aliphatic carbocycles. The first-order chi connectivity index (χ1) is 5.27. The molecule has 0 aromatic carbocycles. The van der Waals surface area contributed by atoms with Crippen molar-refractivity contribution in [3.63, 3.8) is 0 Å². The average Bonchev–Trinajstić information content (AvgIpc) is 1.79. The summed E-state index contributed by atoms with van der Waals surface area (Å²) in [6.45, 7) is 2.02. The van der Waals surface area contributed by atoms with Crippen molar-refractivity contribution in [3.8, 4) is 0 Å². The summed E-state index contributed by atoms with van der Waals surface area (Å²) < 4.78 is 1.00. The van der Waals surface area contributed by atoms with Gasteiger partial charge < -0.3 is 14.5 Å². The van der Waals surface area contributed by atoms with E-state index in [-0.39, 0.29) is 0 Å². The van der Waals surface area contributed by atoms with Crippen molar-refractivity contribution in [1.82, 2.24) is 0 Å². The molecule has 0 bridgehead atoms. The highest BCUT2D eigenvalue weighted by atomic mass is 16.4. The minimum absolute atomic E-state index is 0.510. The summed E-state index contributed by atoms with van der Waals surface area (Å²) in [5.41, 5.74) is 0. The molecule has 0 atom stereocenters. The molecular weight excluding hydrogens is 153 g/mol. The average molecular weight is 176 g/mol. The molecule has 12 heavy (non-hydrogen) atoms. The molecule has 0 saturated heterocycles. The third kappa shape index (κ3) is 51.1. The molecule has 0 saturated carbocycles. The first-order valence-corrected chi connectivity index (χ1v) is 4.42. The molecule has 2 N–H and O–H groups in total. The summed E-state index contributed by atoms with van der Waals surface area (Å²) >= 11 is 0. The van der Waals surface area contributed by atoms with Crippen molar-refractivity contribution in [2.24, 2.45) is 0 Å². The molecule has 0 unspecified atom stereocenters. The SMILES string of the molecule is CCCCB(O)O.C[N+](C)(C)C. The number of hydrogen-bond donors (Lipinski definition) is 2. The number of nitrogens with zero attached hydrogens (tertiary/aromatic N) is 1. The van der Waals surface area contributed by atoms with Crippen LogP contribution in [0.1, 0.15) is 19.8 Å². The molecule has 0 aliphatic rings. The van der Waals surface area contributed by atoms with Crippen LogP contribution in [0.25, 0.3) is 0 Å². The lowest BCUT2D eigenvalue weighted by atomic mass is 9.84. The largest absolute Gasteiger partial charge is 0.451 e. The monoisotopic (exact) mass is 176 g/mol. The highest BCUT2D eigenvalue weighted by Crippen LogP contribution is 1.94. The lowest BCUT2D eigenvalue weighted by Crippen LogP contribution is -2.27. The van der Waals surface area contributed by atoms with E-state index in [1.54, 1.807) is 0 Å². The molecule has 0 heterocycles. The van der Waals surface area contributed by atoms with Crippen molar-refractivity contribution in [2.75, 3.05) is 28.2 Å². The van der Waals surface area contributed by atoms with Gasteiger partial charge in [-0.2, -0.15) is 0 Å². The minimum atomic E-state index is -1.10. The predicted octanol–water partition coefficient (Wildman–Crippen LogP) is 0.582. The third-order valence-corrected chi connectivity index (χ3v) is 0.816. The van der Waals surface area contributed by atoms with Crippen LogP contribution < -0.4 is 0 Å². The summed E-state index contributed by atoms with van der Waals surface area (Å²) in [5, 5.41) is 16.5. The van der Waals surface area contributed by atoms with Crippen LogP contribution in [-0.4, -0.2) is 49.8 Å². The van der Waals surface area contributed by atoms with Gasteiger partial charge in [0.1, 0.15) is 0 Å². The zero-order valence-corrected chi connectivity index (χ0v) is 9.04. The quantitative estimate of drug-likeness (QED) is 0.487. The fourth-order valence-electron chi connectivity index (χ4n) is 0.387. The van der Waals surface area contributed by atoms with Gasteiger partial charge in [-0.25, -0.2) is 0 Å². The van der Waals surface area contributed by atoms with Crippen LogP contribution in [0.4, 0.5) is 0 Å². The normalized spacial score (nSPS) is 10.2. The van der Waals surface area contributed by atoms with Crippen LogP contribution in [0.3, 0.4) is 0 Å². The Hall–Kier alpha value is -0.0551. The molecule has 0 amide bonds. The van der Waals surface area contributed by atoms with Crippen LogP contribution >= 0.6 is 0 Å². The molecule has 0 aromatic heterocycles. The molecule has 0 fully saturated rings. The van der Waals surface area contributed by atoms with E-state index in [1.807, 2.05) is 6.92 Å². The number of rotatable bonds is 3. The van der Waals surface area contributed by atoms with E-state index >= 15 is 0 Å². The predicted molar refractivity (Wildman–Crippen MR) is 53.9 cm³/mol. The Balaban J connectivity index is 0.